The second-order valence-corrected chi connectivity index (χ2v) is 6.67. The van der Waals surface area contributed by atoms with E-state index >= 15 is 0 Å². The summed E-state index contributed by atoms with van der Waals surface area (Å²) in [5.74, 6) is -0.105. The number of aliphatic hydroxyl groups excluding tert-OH is 1. The molecule has 1 saturated heterocycles. The van der Waals surface area contributed by atoms with Crippen molar-refractivity contribution in [2.24, 2.45) is 7.05 Å². The van der Waals surface area contributed by atoms with E-state index in [0.29, 0.717) is 18.8 Å². The average molecular weight is 356 g/mol. The van der Waals surface area contributed by atoms with E-state index in [1.54, 1.807) is 11.7 Å². The molecule has 0 saturated carbocycles. The van der Waals surface area contributed by atoms with Crippen LogP contribution in [0.2, 0.25) is 0 Å². The Hall–Kier alpha value is -2.67. The first-order valence-corrected chi connectivity index (χ1v) is 8.82. The number of nitrogens with zero attached hydrogens (tertiary/aromatic N) is 3. The number of benzene rings is 1. The first-order valence-electron chi connectivity index (χ1n) is 8.82. The van der Waals surface area contributed by atoms with Gasteiger partial charge < -0.3 is 15.3 Å². The molecule has 1 unspecified atom stereocenters. The second kappa shape index (κ2) is 7.70. The predicted molar refractivity (Wildman–Crippen MR) is 98.4 cm³/mol. The fourth-order valence-corrected chi connectivity index (χ4v) is 3.17. The van der Waals surface area contributed by atoms with Crippen molar-refractivity contribution in [3.8, 4) is 11.3 Å². The molecular weight excluding hydrogens is 332 g/mol. The first kappa shape index (κ1) is 18.1. The predicted octanol–water partition coefficient (Wildman–Crippen LogP) is 1.71. The summed E-state index contributed by atoms with van der Waals surface area (Å²) < 4.78 is 1.61. The lowest BCUT2D eigenvalue weighted by molar-refractivity contribution is -0.141. The number of rotatable bonds is 4. The number of carbonyl (C=O) groups is 2. The smallest absolute Gasteiger partial charge is 0.251 e. The molecule has 26 heavy (non-hydrogen) atoms. The number of aromatic nitrogens is 2. The molecule has 0 aliphatic carbocycles. The molecule has 1 aliphatic heterocycles. The van der Waals surface area contributed by atoms with Crippen molar-refractivity contribution in [1.29, 1.82) is 0 Å². The molecule has 1 aromatic heterocycles. The molecule has 0 radical (unpaired) electrons. The Morgan fingerprint density at radius 3 is 2.88 bits per heavy atom. The van der Waals surface area contributed by atoms with Gasteiger partial charge in [0.15, 0.2) is 0 Å². The molecule has 2 N–H and O–H groups in total. The molecule has 1 fully saturated rings. The molecule has 2 aromatic rings. The summed E-state index contributed by atoms with van der Waals surface area (Å²) in [4.78, 5) is 25.9. The fourth-order valence-electron chi connectivity index (χ4n) is 3.17. The molecule has 2 amide bonds. The average Bonchev–Trinajstić information content (AvgIpc) is 2.89. The van der Waals surface area contributed by atoms with Gasteiger partial charge in [-0.05, 0) is 31.7 Å². The number of anilines is 1. The number of likely N-dealkylation sites (tertiary alicyclic amines) is 1. The highest BCUT2D eigenvalue weighted by molar-refractivity contribution is 5.95. The SMILES string of the molecule is Cc1ccccc1-c1cc(NC(=O)CN2CCCCC(O)C2=O)n(C)n1. The molecule has 7 nitrogen and oxygen atoms in total. The highest BCUT2D eigenvalue weighted by atomic mass is 16.3. The molecule has 138 valence electrons. The van der Waals surface area contributed by atoms with Crippen LogP contribution < -0.4 is 5.32 Å². The second-order valence-electron chi connectivity index (χ2n) is 6.67. The first-order chi connectivity index (χ1) is 12.5. The summed E-state index contributed by atoms with van der Waals surface area (Å²) in [6.45, 7) is 2.43. The third-order valence-electron chi connectivity index (χ3n) is 4.66. The fraction of sp³-hybridized carbons (Fsp3) is 0.421. The third kappa shape index (κ3) is 3.94. The summed E-state index contributed by atoms with van der Waals surface area (Å²) in [6, 6.07) is 9.74. The number of aliphatic hydroxyl groups is 1. The van der Waals surface area contributed by atoms with Gasteiger partial charge in [0.1, 0.15) is 11.9 Å². The van der Waals surface area contributed by atoms with E-state index in [0.717, 1.165) is 29.7 Å². The lowest BCUT2D eigenvalue weighted by Gasteiger charge is -2.21. The van der Waals surface area contributed by atoms with Crippen LogP contribution in [0, 0.1) is 6.92 Å². The quantitative estimate of drug-likeness (QED) is 0.873. The molecule has 2 heterocycles. The van der Waals surface area contributed by atoms with Crippen LogP contribution >= 0.6 is 0 Å². The largest absolute Gasteiger partial charge is 0.383 e. The van der Waals surface area contributed by atoms with Crippen molar-refractivity contribution in [3.05, 3.63) is 35.9 Å². The minimum Gasteiger partial charge on any atom is -0.383 e. The summed E-state index contributed by atoms with van der Waals surface area (Å²) in [5.41, 5.74) is 2.89. The van der Waals surface area contributed by atoms with E-state index in [-0.39, 0.29) is 18.4 Å². The van der Waals surface area contributed by atoms with E-state index in [1.807, 2.05) is 37.3 Å². The van der Waals surface area contributed by atoms with E-state index in [1.165, 1.54) is 4.90 Å². The van der Waals surface area contributed by atoms with Gasteiger partial charge in [-0.2, -0.15) is 5.10 Å². The van der Waals surface area contributed by atoms with Gasteiger partial charge in [0, 0.05) is 25.2 Å². The number of aryl methyl sites for hydroxylation is 2. The van der Waals surface area contributed by atoms with Gasteiger partial charge in [-0.1, -0.05) is 24.3 Å². The zero-order valence-corrected chi connectivity index (χ0v) is 15.1. The van der Waals surface area contributed by atoms with Crippen molar-refractivity contribution < 1.29 is 14.7 Å². The molecule has 0 bridgehead atoms. The number of hydrogen-bond acceptors (Lipinski definition) is 4. The van der Waals surface area contributed by atoms with E-state index in [9.17, 15) is 14.7 Å². The lowest BCUT2D eigenvalue weighted by atomic mass is 10.1. The van der Waals surface area contributed by atoms with Crippen molar-refractivity contribution in [3.63, 3.8) is 0 Å². The van der Waals surface area contributed by atoms with Crippen molar-refractivity contribution in [1.82, 2.24) is 14.7 Å². The van der Waals surface area contributed by atoms with Gasteiger partial charge in [0.25, 0.3) is 5.91 Å². The van der Waals surface area contributed by atoms with Crippen molar-refractivity contribution in [2.75, 3.05) is 18.4 Å². The lowest BCUT2D eigenvalue weighted by Crippen LogP contribution is -2.42. The van der Waals surface area contributed by atoms with Crippen molar-refractivity contribution >= 4 is 17.6 Å². The molecule has 1 atom stereocenters. The van der Waals surface area contributed by atoms with Gasteiger partial charge in [0.2, 0.25) is 5.91 Å². The number of carbonyl (C=O) groups excluding carboxylic acids is 2. The van der Waals surface area contributed by atoms with Gasteiger partial charge in [-0.3, -0.25) is 14.3 Å². The van der Waals surface area contributed by atoms with Crippen LogP contribution in [0.3, 0.4) is 0 Å². The van der Waals surface area contributed by atoms with Crippen LogP contribution in [-0.2, 0) is 16.6 Å². The van der Waals surface area contributed by atoms with Crippen LogP contribution in [0.5, 0.6) is 0 Å². The summed E-state index contributed by atoms with van der Waals surface area (Å²) in [6.07, 6.45) is 1.03. The topological polar surface area (TPSA) is 87.5 Å². The maximum Gasteiger partial charge on any atom is 0.251 e. The van der Waals surface area contributed by atoms with Crippen LogP contribution in [0.15, 0.2) is 30.3 Å². The van der Waals surface area contributed by atoms with Crippen molar-refractivity contribution in [2.45, 2.75) is 32.3 Å². The molecule has 0 spiro atoms. The summed E-state index contributed by atoms with van der Waals surface area (Å²) in [7, 11) is 1.76. The normalized spacial score (nSPS) is 17.9. The Labute approximate surface area is 152 Å². The third-order valence-corrected chi connectivity index (χ3v) is 4.66. The zero-order chi connectivity index (χ0) is 18.7. The Morgan fingerprint density at radius 1 is 1.35 bits per heavy atom. The Morgan fingerprint density at radius 2 is 2.12 bits per heavy atom. The Bertz CT molecular complexity index is 815. The molecule has 1 aliphatic rings. The molecule has 1 aromatic carbocycles. The zero-order valence-electron chi connectivity index (χ0n) is 15.1. The number of nitrogens with one attached hydrogen (secondary N) is 1. The maximum atomic E-state index is 12.4. The van der Waals surface area contributed by atoms with Gasteiger partial charge in [0.05, 0.1) is 12.2 Å². The van der Waals surface area contributed by atoms with E-state index < -0.39 is 6.10 Å². The van der Waals surface area contributed by atoms with Crippen LogP contribution in [0.1, 0.15) is 24.8 Å². The van der Waals surface area contributed by atoms with Crippen LogP contribution in [-0.4, -0.2) is 50.8 Å². The van der Waals surface area contributed by atoms with Gasteiger partial charge in [-0.15, -0.1) is 0 Å². The monoisotopic (exact) mass is 356 g/mol. The Balaban J connectivity index is 1.70. The van der Waals surface area contributed by atoms with Gasteiger partial charge >= 0.3 is 0 Å². The highest BCUT2D eigenvalue weighted by Crippen LogP contribution is 2.24. The minimum atomic E-state index is -1.00. The minimum absolute atomic E-state index is 0.0687. The molecule has 7 heteroatoms. The summed E-state index contributed by atoms with van der Waals surface area (Å²) >= 11 is 0. The van der Waals surface area contributed by atoms with Crippen LogP contribution in [0.25, 0.3) is 11.3 Å². The molecule has 3 rings (SSSR count). The number of hydrogen-bond donors (Lipinski definition) is 2. The summed E-state index contributed by atoms with van der Waals surface area (Å²) in [5, 5.41) is 17.1. The van der Waals surface area contributed by atoms with E-state index in [4.69, 9.17) is 0 Å². The maximum absolute atomic E-state index is 12.4. The highest BCUT2D eigenvalue weighted by Gasteiger charge is 2.26. The number of amides is 2. The van der Waals surface area contributed by atoms with Gasteiger partial charge in [-0.25, -0.2) is 0 Å². The van der Waals surface area contributed by atoms with Crippen LogP contribution in [0.4, 0.5) is 5.82 Å². The van der Waals surface area contributed by atoms with E-state index in [2.05, 4.69) is 10.4 Å². The Kier molecular flexibility index (Phi) is 5.37. The standard InChI is InChI=1S/C19H24N4O3/c1-13-7-3-4-8-14(13)15-11-17(22(2)21-15)20-18(25)12-23-10-6-5-9-16(24)19(23)26/h3-4,7-8,11,16,24H,5-6,9-10,12H2,1-2H3,(H,20,25). The molecular formula is C19H24N4O3.